The van der Waals surface area contributed by atoms with Crippen LogP contribution < -0.4 is 15.6 Å². The lowest BCUT2D eigenvalue weighted by molar-refractivity contribution is -0.385. The van der Waals surface area contributed by atoms with Gasteiger partial charge in [0.25, 0.3) is 11.6 Å². The number of carbonyl (C=O) groups excluding carboxylic acids is 1. The minimum Gasteiger partial charge on any atom is -0.433 e. The molecule has 1 aromatic heterocycles. The highest BCUT2D eigenvalue weighted by molar-refractivity contribution is 5.98. The lowest BCUT2D eigenvalue weighted by Crippen LogP contribution is -2.30. The Morgan fingerprint density at radius 1 is 0.879 bits per heavy atom. The third-order valence-electron chi connectivity index (χ3n) is 4.57. The van der Waals surface area contributed by atoms with E-state index in [0.717, 1.165) is 17.8 Å². The van der Waals surface area contributed by atoms with Gasteiger partial charge in [-0.1, -0.05) is 48.5 Å². The zero-order valence-corrected chi connectivity index (χ0v) is 16.7. The van der Waals surface area contributed by atoms with Gasteiger partial charge >= 0.3 is 11.6 Å². The third kappa shape index (κ3) is 4.34. The van der Waals surface area contributed by atoms with Crippen LogP contribution >= 0.6 is 0 Å². The normalized spacial score (nSPS) is 10.4. The Labute approximate surface area is 185 Å². The molecule has 0 atom stereocenters. The van der Waals surface area contributed by atoms with E-state index >= 15 is 0 Å². The molecule has 0 unspecified atom stereocenters. The van der Waals surface area contributed by atoms with Gasteiger partial charge in [-0.3, -0.25) is 35.9 Å². The highest BCUT2D eigenvalue weighted by Crippen LogP contribution is 2.36. The number of hydrazine groups is 1. The van der Waals surface area contributed by atoms with Crippen LogP contribution in [-0.4, -0.2) is 25.7 Å². The Hall–Kier alpha value is -5.13. The molecule has 0 bridgehead atoms. The zero-order chi connectivity index (χ0) is 23.4. The Balaban J connectivity index is 1.63. The van der Waals surface area contributed by atoms with Gasteiger partial charge in [-0.2, -0.15) is 4.98 Å². The van der Waals surface area contributed by atoms with Crippen molar-refractivity contribution in [3.8, 4) is 11.6 Å². The van der Waals surface area contributed by atoms with Crippen LogP contribution in [0.15, 0.2) is 73.1 Å². The number of nitro benzene ring substituents is 1. The molecule has 0 saturated carbocycles. The summed E-state index contributed by atoms with van der Waals surface area (Å²) in [6, 6.07) is 17.8. The molecular weight excluding hydrogens is 432 g/mol. The van der Waals surface area contributed by atoms with Gasteiger partial charge in [-0.15, -0.1) is 0 Å². The predicted octanol–water partition coefficient (Wildman–Crippen LogP) is 4.00. The van der Waals surface area contributed by atoms with E-state index in [1.807, 2.05) is 18.2 Å². The summed E-state index contributed by atoms with van der Waals surface area (Å²) in [5.41, 5.74) is 3.22. The monoisotopic (exact) mass is 446 g/mol. The maximum Gasteiger partial charge on any atom is 0.374 e. The number of nitro groups is 2. The van der Waals surface area contributed by atoms with Gasteiger partial charge < -0.3 is 4.74 Å². The maximum absolute atomic E-state index is 12.4. The molecule has 4 rings (SSSR count). The lowest BCUT2D eigenvalue weighted by atomic mass is 10.1. The fourth-order valence-corrected chi connectivity index (χ4v) is 3.09. The first kappa shape index (κ1) is 21.1. The number of amides is 1. The molecule has 3 aromatic carbocycles. The molecule has 12 nitrogen and oxygen atoms in total. The summed E-state index contributed by atoms with van der Waals surface area (Å²) < 4.78 is 5.73. The minimum absolute atomic E-state index is 0.237. The fraction of sp³-hybridized carbons (Fsp3) is 0. The Morgan fingerprint density at radius 3 is 2.39 bits per heavy atom. The van der Waals surface area contributed by atoms with Crippen molar-refractivity contribution in [1.29, 1.82) is 0 Å². The molecule has 164 valence electrons. The first-order chi connectivity index (χ1) is 16.0. The standard InChI is InChI=1S/C21H14N6O6/c28-20(15-9-3-4-10-16(15)26(29)30)25-24-19-18(27(31)32)21(23-12-22-19)33-17-11-5-7-13-6-1-2-8-14(13)17/h1-12H,(H,25,28)(H,22,23,24). The summed E-state index contributed by atoms with van der Waals surface area (Å²) in [4.78, 5) is 41.5. The van der Waals surface area contributed by atoms with Crippen LogP contribution in [0.3, 0.4) is 0 Å². The van der Waals surface area contributed by atoms with Crippen LogP contribution in [0.1, 0.15) is 10.4 Å². The molecular formula is C21H14N6O6. The SMILES string of the molecule is O=C(NNc1ncnc(Oc2cccc3ccccc23)c1[N+](=O)[O-])c1ccccc1[N+](=O)[O-]. The smallest absolute Gasteiger partial charge is 0.374 e. The van der Waals surface area contributed by atoms with E-state index in [2.05, 4.69) is 20.8 Å². The van der Waals surface area contributed by atoms with Gasteiger partial charge in [0.2, 0.25) is 5.82 Å². The fourth-order valence-electron chi connectivity index (χ4n) is 3.09. The summed E-state index contributed by atoms with van der Waals surface area (Å²) >= 11 is 0. The first-order valence-corrected chi connectivity index (χ1v) is 9.40. The van der Waals surface area contributed by atoms with Gasteiger partial charge in [0, 0.05) is 11.5 Å². The highest BCUT2D eigenvalue weighted by Gasteiger charge is 2.27. The number of benzene rings is 3. The summed E-state index contributed by atoms with van der Waals surface area (Å²) in [5.74, 6) is -1.26. The van der Waals surface area contributed by atoms with Gasteiger partial charge in [-0.05, 0) is 17.5 Å². The molecule has 0 radical (unpaired) electrons. The first-order valence-electron chi connectivity index (χ1n) is 9.40. The molecule has 4 aromatic rings. The topological polar surface area (TPSA) is 162 Å². The second kappa shape index (κ2) is 8.93. The zero-order valence-electron chi connectivity index (χ0n) is 16.7. The van der Waals surface area contributed by atoms with Crippen molar-refractivity contribution in [1.82, 2.24) is 15.4 Å². The van der Waals surface area contributed by atoms with Crippen molar-refractivity contribution in [3.63, 3.8) is 0 Å². The number of rotatable bonds is 7. The van der Waals surface area contributed by atoms with Crippen LogP contribution in [0.4, 0.5) is 17.2 Å². The molecule has 0 fully saturated rings. The molecule has 0 aliphatic heterocycles. The summed E-state index contributed by atoms with van der Waals surface area (Å²) in [7, 11) is 0. The number of hydrogen-bond acceptors (Lipinski definition) is 9. The summed E-state index contributed by atoms with van der Waals surface area (Å²) in [6.45, 7) is 0. The largest absolute Gasteiger partial charge is 0.433 e. The quantitative estimate of drug-likeness (QED) is 0.315. The highest BCUT2D eigenvalue weighted by atomic mass is 16.6. The average molecular weight is 446 g/mol. The Kier molecular flexibility index (Phi) is 5.72. The Morgan fingerprint density at radius 2 is 1.61 bits per heavy atom. The number of hydrogen-bond donors (Lipinski definition) is 2. The second-order valence-electron chi connectivity index (χ2n) is 6.57. The van der Waals surface area contributed by atoms with E-state index in [9.17, 15) is 25.0 Å². The molecule has 0 saturated heterocycles. The number of nitrogens with zero attached hydrogens (tertiary/aromatic N) is 4. The van der Waals surface area contributed by atoms with Crippen LogP contribution in [0.2, 0.25) is 0 Å². The molecule has 0 spiro atoms. The van der Waals surface area contributed by atoms with Crippen molar-refractivity contribution >= 4 is 33.9 Å². The van der Waals surface area contributed by atoms with Gasteiger partial charge in [0.1, 0.15) is 17.6 Å². The van der Waals surface area contributed by atoms with Gasteiger partial charge in [0.05, 0.1) is 9.85 Å². The van der Waals surface area contributed by atoms with Gasteiger partial charge in [0.15, 0.2) is 0 Å². The summed E-state index contributed by atoms with van der Waals surface area (Å²) in [6.07, 6.45) is 1.02. The Bertz CT molecular complexity index is 1390. The molecule has 0 aliphatic rings. The van der Waals surface area contributed by atoms with Crippen molar-refractivity contribution in [2.75, 3.05) is 5.43 Å². The van der Waals surface area contributed by atoms with Crippen molar-refractivity contribution in [2.45, 2.75) is 0 Å². The van der Waals surface area contributed by atoms with E-state index in [0.29, 0.717) is 11.1 Å². The van der Waals surface area contributed by atoms with Crippen LogP contribution in [0.25, 0.3) is 10.8 Å². The van der Waals surface area contributed by atoms with Crippen molar-refractivity contribution < 1.29 is 19.4 Å². The van der Waals surface area contributed by atoms with E-state index in [4.69, 9.17) is 4.74 Å². The van der Waals surface area contributed by atoms with Crippen LogP contribution in [-0.2, 0) is 0 Å². The number of anilines is 1. The van der Waals surface area contributed by atoms with Crippen molar-refractivity contribution in [3.05, 3.63) is 98.8 Å². The third-order valence-corrected chi connectivity index (χ3v) is 4.57. The van der Waals surface area contributed by atoms with E-state index in [-0.39, 0.29) is 17.3 Å². The van der Waals surface area contributed by atoms with E-state index in [1.54, 1.807) is 24.3 Å². The van der Waals surface area contributed by atoms with E-state index in [1.165, 1.54) is 18.2 Å². The minimum atomic E-state index is -0.883. The number of ether oxygens (including phenoxy) is 1. The predicted molar refractivity (Wildman–Crippen MR) is 117 cm³/mol. The number of fused-ring (bicyclic) bond motifs is 1. The van der Waals surface area contributed by atoms with Gasteiger partial charge in [-0.25, -0.2) is 4.98 Å². The van der Waals surface area contributed by atoms with Crippen molar-refractivity contribution in [2.24, 2.45) is 0 Å². The molecule has 1 amide bonds. The van der Waals surface area contributed by atoms with Crippen LogP contribution in [0, 0.1) is 20.2 Å². The number of nitrogens with one attached hydrogen (secondary N) is 2. The van der Waals surface area contributed by atoms with Crippen LogP contribution in [0.5, 0.6) is 11.6 Å². The van der Waals surface area contributed by atoms with E-state index < -0.39 is 27.1 Å². The number of para-hydroxylation sites is 1. The average Bonchev–Trinajstić information content (AvgIpc) is 2.82. The molecule has 2 N–H and O–H groups in total. The lowest BCUT2D eigenvalue weighted by Gasteiger charge is -2.11. The summed E-state index contributed by atoms with van der Waals surface area (Å²) in [5, 5.41) is 24.5. The number of aromatic nitrogens is 2. The molecule has 0 aliphatic carbocycles. The molecule has 12 heteroatoms. The molecule has 1 heterocycles. The molecule has 33 heavy (non-hydrogen) atoms. The maximum atomic E-state index is 12.4. The second-order valence-corrected chi connectivity index (χ2v) is 6.57. The number of carbonyl (C=O) groups is 1.